The van der Waals surface area contributed by atoms with Crippen LogP contribution >= 0.6 is 11.6 Å². The van der Waals surface area contributed by atoms with Crippen LogP contribution in [0.4, 0.5) is 0 Å². The molecule has 0 spiro atoms. The Balaban J connectivity index is 2.11. The number of methoxy groups -OCH3 is 1. The van der Waals surface area contributed by atoms with E-state index in [0.29, 0.717) is 28.6 Å². The van der Waals surface area contributed by atoms with Crippen molar-refractivity contribution in [2.45, 2.75) is 20.4 Å². The maximum atomic E-state index is 12.1. The topological polar surface area (TPSA) is 64.4 Å². The molecule has 0 unspecified atom stereocenters. The number of benzene rings is 1. The number of nitrogens with one attached hydrogen (secondary N) is 1. The van der Waals surface area contributed by atoms with E-state index >= 15 is 0 Å². The molecule has 1 N–H and O–H groups in total. The quantitative estimate of drug-likeness (QED) is 0.941. The first-order valence-electron chi connectivity index (χ1n) is 6.05. The number of rotatable bonds is 4. The summed E-state index contributed by atoms with van der Waals surface area (Å²) in [6.07, 6.45) is 0. The molecule has 20 heavy (non-hydrogen) atoms. The van der Waals surface area contributed by atoms with Crippen molar-refractivity contribution in [1.29, 1.82) is 0 Å². The van der Waals surface area contributed by atoms with Crippen molar-refractivity contribution in [2.24, 2.45) is 0 Å². The Labute approximate surface area is 121 Å². The highest BCUT2D eigenvalue weighted by Gasteiger charge is 2.12. The molecular weight excluding hydrogens is 280 g/mol. The summed E-state index contributed by atoms with van der Waals surface area (Å²) in [5, 5.41) is 7.10. The molecule has 1 amide bonds. The van der Waals surface area contributed by atoms with Crippen LogP contribution in [0, 0.1) is 13.8 Å². The number of hydrogen-bond acceptors (Lipinski definition) is 4. The van der Waals surface area contributed by atoms with Gasteiger partial charge in [0.15, 0.2) is 0 Å². The number of ether oxygens (including phenoxy) is 1. The minimum atomic E-state index is -0.231. The van der Waals surface area contributed by atoms with Crippen molar-refractivity contribution >= 4 is 17.5 Å². The van der Waals surface area contributed by atoms with E-state index in [1.54, 1.807) is 18.2 Å². The number of nitrogens with zero attached hydrogens (tertiary/aromatic N) is 1. The maximum absolute atomic E-state index is 12.1. The van der Waals surface area contributed by atoms with E-state index in [1.165, 1.54) is 7.11 Å². The van der Waals surface area contributed by atoms with Gasteiger partial charge in [0.1, 0.15) is 11.5 Å². The molecule has 0 aliphatic heterocycles. The Bertz CT molecular complexity index is 618. The summed E-state index contributed by atoms with van der Waals surface area (Å²) in [6.45, 7) is 4.00. The molecule has 1 aromatic carbocycles. The Morgan fingerprint density at radius 1 is 1.40 bits per heavy atom. The second-order valence-corrected chi connectivity index (χ2v) is 4.80. The normalized spacial score (nSPS) is 10.4. The fourth-order valence-electron chi connectivity index (χ4n) is 1.84. The van der Waals surface area contributed by atoms with E-state index < -0.39 is 0 Å². The largest absolute Gasteiger partial charge is 0.497 e. The monoisotopic (exact) mass is 294 g/mol. The van der Waals surface area contributed by atoms with Crippen LogP contribution in [0.3, 0.4) is 0 Å². The van der Waals surface area contributed by atoms with E-state index in [9.17, 15) is 4.79 Å². The third-order valence-electron chi connectivity index (χ3n) is 2.98. The molecule has 0 radical (unpaired) electrons. The first-order chi connectivity index (χ1) is 9.51. The van der Waals surface area contributed by atoms with Crippen LogP contribution in [0.5, 0.6) is 5.75 Å². The lowest BCUT2D eigenvalue weighted by Gasteiger charge is -2.07. The van der Waals surface area contributed by atoms with Gasteiger partial charge in [-0.05, 0) is 32.0 Å². The predicted molar refractivity (Wildman–Crippen MR) is 75.2 cm³/mol. The van der Waals surface area contributed by atoms with Crippen molar-refractivity contribution in [3.8, 4) is 5.75 Å². The number of carbonyl (C=O) groups is 1. The van der Waals surface area contributed by atoms with E-state index in [1.807, 2.05) is 13.8 Å². The summed E-state index contributed by atoms with van der Waals surface area (Å²) >= 11 is 5.94. The Kier molecular flexibility index (Phi) is 4.29. The van der Waals surface area contributed by atoms with Crippen LogP contribution in [0.15, 0.2) is 22.7 Å². The Morgan fingerprint density at radius 2 is 2.15 bits per heavy atom. The summed E-state index contributed by atoms with van der Waals surface area (Å²) in [5.74, 6) is 1.01. The van der Waals surface area contributed by atoms with Crippen molar-refractivity contribution in [2.75, 3.05) is 7.11 Å². The Morgan fingerprint density at radius 3 is 2.75 bits per heavy atom. The molecule has 0 atom stereocenters. The van der Waals surface area contributed by atoms with Gasteiger partial charge in [-0.1, -0.05) is 16.8 Å². The average molecular weight is 295 g/mol. The minimum Gasteiger partial charge on any atom is -0.497 e. The predicted octanol–water partition coefficient (Wildman–Crippen LogP) is 2.88. The molecule has 6 heteroatoms. The van der Waals surface area contributed by atoms with Gasteiger partial charge in [-0.25, -0.2) is 0 Å². The Hall–Kier alpha value is -2.01. The number of carbonyl (C=O) groups excluding carboxylic acids is 1. The second kappa shape index (κ2) is 5.96. The van der Waals surface area contributed by atoms with Crippen LogP contribution in [0.1, 0.15) is 27.4 Å². The molecule has 106 valence electrons. The standard InChI is InChI=1S/C14H15ClN2O3/c1-8-13(9(2)20-17-8)7-16-14(18)10-4-11(15)6-12(5-10)19-3/h4-6H,7H2,1-3H3,(H,16,18). The van der Waals surface area contributed by atoms with Gasteiger partial charge < -0.3 is 14.6 Å². The molecule has 2 rings (SSSR count). The fraction of sp³-hybridized carbons (Fsp3) is 0.286. The zero-order valence-corrected chi connectivity index (χ0v) is 12.2. The third kappa shape index (κ3) is 3.11. The van der Waals surface area contributed by atoms with Crippen LogP contribution in [0.25, 0.3) is 0 Å². The SMILES string of the molecule is COc1cc(Cl)cc(C(=O)NCc2c(C)noc2C)c1. The van der Waals surface area contributed by atoms with Gasteiger partial charge in [-0.2, -0.15) is 0 Å². The van der Waals surface area contributed by atoms with Crippen LogP contribution < -0.4 is 10.1 Å². The minimum absolute atomic E-state index is 0.231. The number of halogens is 1. The van der Waals surface area contributed by atoms with Gasteiger partial charge in [-0.3, -0.25) is 4.79 Å². The highest BCUT2D eigenvalue weighted by Crippen LogP contribution is 2.21. The number of aryl methyl sites for hydroxylation is 2. The molecule has 0 saturated heterocycles. The first-order valence-corrected chi connectivity index (χ1v) is 6.43. The maximum Gasteiger partial charge on any atom is 0.251 e. The van der Waals surface area contributed by atoms with E-state index in [-0.39, 0.29) is 5.91 Å². The lowest BCUT2D eigenvalue weighted by atomic mass is 10.1. The van der Waals surface area contributed by atoms with Gasteiger partial charge in [0.05, 0.1) is 12.8 Å². The molecule has 0 saturated carbocycles. The smallest absolute Gasteiger partial charge is 0.251 e. The van der Waals surface area contributed by atoms with Gasteiger partial charge in [0, 0.05) is 22.7 Å². The van der Waals surface area contributed by atoms with E-state index in [2.05, 4.69) is 10.5 Å². The second-order valence-electron chi connectivity index (χ2n) is 4.37. The molecule has 2 aromatic rings. The average Bonchev–Trinajstić information content (AvgIpc) is 2.74. The number of amides is 1. The molecular formula is C14H15ClN2O3. The lowest BCUT2D eigenvalue weighted by molar-refractivity contribution is 0.0950. The zero-order chi connectivity index (χ0) is 14.7. The highest BCUT2D eigenvalue weighted by molar-refractivity contribution is 6.31. The summed E-state index contributed by atoms with van der Waals surface area (Å²) in [7, 11) is 1.53. The number of hydrogen-bond donors (Lipinski definition) is 1. The molecule has 0 aliphatic rings. The lowest BCUT2D eigenvalue weighted by Crippen LogP contribution is -2.23. The van der Waals surface area contributed by atoms with Crippen molar-refractivity contribution in [3.05, 3.63) is 45.8 Å². The van der Waals surface area contributed by atoms with Gasteiger partial charge in [-0.15, -0.1) is 0 Å². The summed E-state index contributed by atoms with van der Waals surface area (Å²) < 4.78 is 10.1. The van der Waals surface area contributed by atoms with Crippen LogP contribution in [-0.2, 0) is 6.54 Å². The first kappa shape index (κ1) is 14.4. The van der Waals surface area contributed by atoms with Gasteiger partial charge >= 0.3 is 0 Å². The van der Waals surface area contributed by atoms with Crippen LogP contribution in [-0.4, -0.2) is 18.2 Å². The fourth-order valence-corrected chi connectivity index (χ4v) is 2.06. The summed E-state index contributed by atoms with van der Waals surface area (Å²) in [4.78, 5) is 12.1. The van der Waals surface area contributed by atoms with Gasteiger partial charge in [0.2, 0.25) is 0 Å². The summed E-state index contributed by atoms with van der Waals surface area (Å²) in [5.41, 5.74) is 2.10. The van der Waals surface area contributed by atoms with Crippen molar-refractivity contribution in [3.63, 3.8) is 0 Å². The van der Waals surface area contributed by atoms with E-state index in [0.717, 1.165) is 11.3 Å². The third-order valence-corrected chi connectivity index (χ3v) is 3.19. The molecule has 5 nitrogen and oxygen atoms in total. The summed E-state index contributed by atoms with van der Waals surface area (Å²) in [6, 6.07) is 4.87. The molecule has 1 heterocycles. The van der Waals surface area contributed by atoms with Crippen molar-refractivity contribution < 1.29 is 14.1 Å². The molecule has 0 fully saturated rings. The number of aromatic nitrogens is 1. The van der Waals surface area contributed by atoms with E-state index in [4.69, 9.17) is 20.9 Å². The molecule has 0 aliphatic carbocycles. The molecule has 0 bridgehead atoms. The molecule has 1 aromatic heterocycles. The van der Waals surface area contributed by atoms with Crippen LogP contribution in [0.2, 0.25) is 5.02 Å². The highest BCUT2D eigenvalue weighted by atomic mass is 35.5. The zero-order valence-electron chi connectivity index (χ0n) is 11.5. The van der Waals surface area contributed by atoms with Gasteiger partial charge in [0.25, 0.3) is 5.91 Å². The van der Waals surface area contributed by atoms with Crippen molar-refractivity contribution in [1.82, 2.24) is 10.5 Å².